The fourth-order valence-corrected chi connectivity index (χ4v) is 1.94. The Kier molecular flexibility index (Phi) is 10.3. The lowest BCUT2D eigenvalue weighted by molar-refractivity contribution is -0.142. The van der Waals surface area contributed by atoms with Gasteiger partial charge in [0.1, 0.15) is 5.75 Å². The van der Waals surface area contributed by atoms with Crippen LogP contribution < -0.4 is 0 Å². The van der Waals surface area contributed by atoms with Gasteiger partial charge in [-0.25, -0.2) is 0 Å². The summed E-state index contributed by atoms with van der Waals surface area (Å²) in [5, 5.41) is 17.9. The fraction of sp³-hybridized carbons (Fsp3) is 0.588. The molecule has 0 aliphatic heterocycles. The molecule has 1 unspecified atom stereocenters. The van der Waals surface area contributed by atoms with Gasteiger partial charge in [-0.3, -0.25) is 4.79 Å². The van der Waals surface area contributed by atoms with Crippen LogP contribution in [-0.2, 0) is 11.3 Å². The number of carboxylic acid groups (broad SMARTS) is 1. The summed E-state index contributed by atoms with van der Waals surface area (Å²) in [6.45, 7) is 4.79. The second-order valence-electron chi connectivity index (χ2n) is 5.45. The smallest absolute Gasteiger partial charge is 0.306 e. The lowest BCUT2D eigenvalue weighted by atomic mass is 10.00. The van der Waals surface area contributed by atoms with Gasteiger partial charge in [0.05, 0.1) is 5.92 Å². The van der Waals surface area contributed by atoms with Crippen LogP contribution in [0.3, 0.4) is 0 Å². The molecule has 1 aromatic rings. The van der Waals surface area contributed by atoms with Crippen molar-refractivity contribution in [2.45, 2.75) is 46.1 Å². The molecule has 0 saturated heterocycles. The van der Waals surface area contributed by atoms with E-state index in [1.165, 1.54) is 0 Å². The molecule has 0 heterocycles. The maximum atomic E-state index is 10.4. The van der Waals surface area contributed by atoms with Gasteiger partial charge in [-0.2, -0.15) is 0 Å². The predicted molar refractivity (Wildman–Crippen MR) is 86.4 cm³/mol. The number of aliphatic carboxylic acids is 1. The van der Waals surface area contributed by atoms with E-state index in [4.69, 9.17) is 5.11 Å². The Morgan fingerprint density at radius 1 is 1.24 bits per heavy atom. The summed E-state index contributed by atoms with van der Waals surface area (Å²) in [6.07, 6.45) is 3.71. The number of rotatable bonds is 7. The van der Waals surface area contributed by atoms with Crippen molar-refractivity contribution in [2.24, 2.45) is 5.92 Å². The number of phenolic OH excluding ortho intramolecular Hbond substituents is 1. The Morgan fingerprint density at radius 3 is 2.29 bits per heavy atom. The van der Waals surface area contributed by atoms with Crippen LogP contribution in [0.25, 0.3) is 0 Å². The molecule has 0 amide bonds. The normalized spacial score (nSPS) is 11.7. The highest BCUT2D eigenvalue weighted by molar-refractivity contribution is 5.69. The Hall–Kier alpha value is -1.55. The van der Waals surface area contributed by atoms with Gasteiger partial charge in [0, 0.05) is 12.1 Å². The van der Waals surface area contributed by atoms with Crippen LogP contribution in [0.4, 0.5) is 0 Å². The lowest BCUT2D eigenvalue weighted by Gasteiger charge is -2.10. The molecule has 1 rings (SSSR count). The third kappa shape index (κ3) is 9.08. The molecule has 0 bridgehead atoms. The van der Waals surface area contributed by atoms with E-state index in [0.717, 1.165) is 37.8 Å². The van der Waals surface area contributed by atoms with Gasteiger partial charge in [0.25, 0.3) is 0 Å². The van der Waals surface area contributed by atoms with E-state index in [1.54, 1.807) is 6.07 Å². The fourth-order valence-electron chi connectivity index (χ4n) is 1.94. The zero-order chi connectivity index (χ0) is 16.3. The van der Waals surface area contributed by atoms with Crippen LogP contribution in [0.5, 0.6) is 5.75 Å². The van der Waals surface area contributed by atoms with Gasteiger partial charge in [-0.15, -0.1) is 0 Å². The highest BCUT2D eigenvalue weighted by Crippen LogP contribution is 2.16. The summed E-state index contributed by atoms with van der Waals surface area (Å²) in [5.41, 5.74) is 0.970. The summed E-state index contributed by atoms with van der Waals surface area (Å²) in [6, 6.07) is 7.39. The number of carboxylic acids is 1. The molecule has 4 nitrogen and oxygen atoms in total. The van der Waals surface area contributed by atoms with Crippen molar-refractivity contribution in [1.82, 2.24) is 4.90 Å². The third-order valence-electron chi connectivity index (χ3n) is 3.23. The Morgan fingerprint density at radius 2 is 1.86 bits per heavy atom. The molecular weight excluding hydrogens is 266 g/mol. The first-order valence-corrected chi connectivity index (χ1v) is 7.56. The second kappa shape index (κ2) is 11.1. The Bertz CT molecular complexity index is 405. The number of benzene rings is 1. The highest BCUT2D eigenvalue weighted by Gasteiger charge is 2.12. The first kappa shape index (κ1) is 19.4. The summed E-state index contributed by atoms with van der Waals surface area (Å²) < 4.78 is 0. The van der Waals surface area contributed by atoms with Crippen molar-refractivity contribution in [1.29, 1.82) is 0 Å². The van der Waals surface area contributed by atoms with Crippen molar-refractivity contribution in [3.8, 4) is 5.75 Å². The van der Waals surface area contributed by atoms with E-state index in [-0.39, 0.29) is 5.92 Å². The molecule has 0 fully saturated rings. The standard InChI is InChI=1S/C9H13NO.C8H16O2/c1-10(2)7-8-5-3-4-6-9(8)11;1-3-5-6-7(4-2)8(9)10/h3-6,11H,7H2,1-2H3;7H,3-6H2,1-2H3,(H,9,10). The van der Waals surface area contributed by atoms with E-state index < -0.39 is 5.97 Å². The molecule has 0 aliphatic rings. The topological polar surface area (TPSA) is 60.8 Å². The minimum Gasteiger partial charge on any atom is -0.508 e. The number of phenols is 1. The second-order valence-corrected chi connectivity index (χ2v) is 5.45. The molecule has 21 heavy (non-hydrogen) atoms. The van der Waals surface area contributed by atoms with Crippen LogP contribution in [0.15, 0.2) is 24.3 Å². The molecule has 0 aliphatic carbocycles. The monoisotopic (exact) mass is 295 g/mol. The number of aromatic hydroxyl groups is 1. The van der Waals surface area contributed by atoms with Crippen LogP contribution in [0, 0.1) is 5.92 Å². The maximum Gasteiger partial charge on any atom is 0.306 e. The van der Waals surface area contributed by atoms with Crippen molar-refractivity contribution in [3.05, 3.63) is 29.8 Å². The highest BCUT2D eigenvalue weighted by atomic mass is 16.4. The summed E-state index contributed by atoms with van der Waals surface area (Å²) >= 11 is 0. The average molecular weight is 295 g/mol. The maximum absolute atomic E-state index is 10.4. The minimum absolute atomic E-state index is 0.111. The van der Waals surface area contributed by atoms with E-state index in [1.807, 2.05) is 44.1 Å². The summed E-state index contributed by atoms with van der Waals surface area (Å²) in [7, 11) is 3.96. The van der Waals surface area contributed by atoms with E-state index in [2.05, 4.69) is 6.92 Å². The van der Waals surface area contributed by atoms with Crippen LogP contribution in [0.1, 0.15) is 45.1 Å². The van der Waals surface area contributed by atoms with Crippen LogP contribution in [-0.4, -0.2) is 35.2 Å². The number of unbranched alkanes of at least 4 members (excludes halogenated alkanes) is 1. The molecule has 0 spiro atoms. The zero-order valence-corrected chi connectivity index (χ0v) is 13.7. The Balaban J connectivity index is 0.000000384. The third-order valence-corrected chi connectivity index (χ3v) is 3.23. The number of carbonyl (C=O) groups is 1. The van der Waals surface area contributed by atoms with Gasteiger partial charge in [-0.05, 0) is 33.0 Å². The number of hydrogen-bond acceptors (Lipinski definition) is 3. The molecule has 1 atom stereocenters. The van der Waals surface area contributed by atoms with Crippen molar-refractivity contribution in [2.75, 3.05) is 14.1 Å². The molecular formula is C17H29NO3. The molecule has 4 heteroatoms. The van der Waals surface area contributed by atoms with E-state index >= 15 is 0 Å². The molecule has 120 valence electrons. The first-order valence-electron chi connectivity index (χ1n) is 7.56. The first-order chi connectivity index (χ1) is 9.92. The van der Waals surface area contributed by atoms with Gasteiger partial charge < -0.3 is 15.1 Å². The SMILES string of the molecule is CCCCC(CC)C(=O)O.CN(C)Cc1ccccc1O. The van der Waals surface area contributed by atoms with Crippen molar-refractivity contribution in [3.63, 3.8) is 0 Å². The average Bonchev–Trinajstić information content (AvgIpc) is 2.42. The number of nitrogens with zero attached hydrogens (tertiary/aromatic N) is 1. The minimum atomic E-state index is -0.643. The summed E-state index contributed by atoms with van der Waals surface area (Å²) in [4.78, 5) is 12.5. The molecule has 1 aromatic carbocycles. The molecule has 2 N–H and O–H groups in total. The van der Waals surface area contributed by atoms with Crippen LogP contribution >= 0.6 is 0 Å². The largest absolute Gasteiger partial charge is 0.508 e. The van der Waals surface area contributed by atoms with Gasteiger partial charge in [-0.1, -0.05) is 44.9 Å². The molecule has 0 radical (unpaired) electrons. The number of hydrogen-bond donors (Lipinski definition) is 2. The molecule has 0 aromatic heterocycles. The number of para-hydroxylation sites is 1. The summed E-state index contributed by atoms with van der Waals surface area (Å²) in [5.74, 6) is -0.378. The lowest BCUT2D eigenvalue weighted by Crippen LogP contribution is -2.11. The quantitative estimate of drug-likeness (QED) is 0.804. The van der Waals surface area contributed by atoms with Crippen LogP contribution in [0.2, 0.25) is 0 Å². The predicted octanol–water partition coefficient (Wildman–Crippen LogP) is 3.74. The Labute approximate surface area is 128 Å². The van der Waals surface area contributed by atoms with Gasteiger partial charge in [0.15, 0.2) is 0 Å². The van der Waals surface area contributed by atoms with Crippen molar-refractivity contribution < 1.29 is 15.0 Å². The van der Waals surface area contributed by atoms with Gasteiger partial charge >= 0.3 is 5.97 Å². The van der Waals surface area contributed by atoms with Gasteiger partial charge in [0.2, 0.25) is 0 Å². The van der Waals surface area contributed by atoms with E-state index in [0.29, 0.717) is 5.75 Å². The van der Waals surface area contributed by atoms with E-state index in [9.17, 15) is 9.90 Å². The zero-order valence-electron chi connectivity index (χ0n) is 13.7. The van der Waals surface area contributed by atoms with Crippen molar-refractivity contribution >= 4 is 5.97 Å². The molecule has 0 saturated carbocycles.